The van der Waals surface area contributed by atoms with E-state index in [-0.39, 0.29) is 27.0 Å². The van der Waals surface area contributed by atoms with Gasteiger partial charge in [0.2, 0.25) is 5.75 Å². The van der Waals surface area contributed by atoms with Crippen molar-refractivity contribution in [1.29, 1.82) is 5.26 Å². The minimum absolute atomic E-state index is 0.0217. The van der Waals surface area contributed by atoms with E-state index in [0.717, 1.165) is 11.1 Å². The number of methoxy groups -OCH3 is 1. The normalized spacial score (nSPS) is 11.5. The Morgan fingerprint density at radius 3 is 2.46 bits per heavy atom. The van der Waals surface area contributed by atoms with E-state index in [9.17, 15) is 18.5 Å². The average molecular weight is 511 g/mol. The molecule has 1 amide bonds. The fraction of sp³-hybridized carbons (Fsp3) is 0.154. The van der Waals surface area contributed by atoms with Gasteiger partial charge >= 0.3 is 10.1 Å². The van der Waals surface area contributed by atoms with Crippen LogP contribution < -0.4 is 14.2 Å². The number of nitriles is 1. The highest BCUT2D eigenvalue weighted by Crippen LogP contribution is 2.39. The number of anilines is 1. The van der Waals surface area contributed by atoms with E-state index in [4.69, 9.17) is 20.5 Å². The molecule has 180 valence electrons. The van der Waals surface area contributed by atoms with E-state index in [1.54, 1.807) is 24.3 Å². The Morgan fingerprint density at radius 1 is 1.14 bits per heavy atom. The number of nitrogens with one attached hydrogen (secondary N) is 1. The summed E-state index contributed by atoms with van der Waals surface area (Å²) in [6.45, 7) is 3.80. The number of halogens is 1. The van der Waals surface area contributed by atoms with Crippen LogP contribution >= 0.6 is 11.6 Å². The summed E-state index contributed by atoms with van der Waals surface area (Å²) >= 11 is 6.33. The zero-order valence-corrected chi connectivity index (χ0v) is 20.9. The maximum atomic E-state index is 12.7. The average Bonchev–Trinajstić information content (AvgIpc) is 2.84. The van der Waals surface area contributed by atoms with Gasteiger partial charge in [-0.3, -0.25) is 4.79 Å². The van der Waals surface area contributed by atoms with Crippen LogP contribution in [0.4, 0.5) is 5.69 Å². The molecule has 0 spiro atoms. The first-order valence-corrected chi connectivity index (χ1v) is 12.4. The minimum Gasteiger partial charge on any atom is -0.493 e. The van der Waals surface area contributed by atoms with E-state index < -0.39 is 16.0 Å². The fourth-order valence-electron chi connectivity index (χ4n) is 3.22. The van der Waals surface area contributed by atoms with Crippen molar-refractivity contribution < 1.29 is 22.1 Å². The van der Waals surface area contributed by atoms with Gasteiger partial charge in [0.05, 0.1) is 12.1 Å². The highest BCUT2D eigenvalue weighted by Gasteiger charge is 2.22. The number of carbonyl (C=O) groups is 1. The molecule has 0 saturated heterocycles. The largest absolute Gasteiger partial charge is 0.493 e. The van der Waals surface area contributed by atoms with Crippen molar-refractivity contribution in [2.75, 3.05) is 12.4 Å². The number of hydrogen-bond acceptors (Lipinski definition) is 6. The molecule has 35 heavy (non-hydrogen) atoms. The second-order valence-corrected chi connectivity index (χ2v) is 9.47. The molecule has 3 rings (SSSR count). The van der Waals surface area contributed by atoms with Crippen LogP contribution in [0, 0.1) is 18.3 Å². The fourth-order valence-corrected chi connectivity index (χ4v) is 4.48. The van der Waals surface area contributed by atoms with Crippen molar-refractivity contribution >= 4 is 39.4 Å². The van der Waals surface area contributed by atoms with Crippen LogP contribution in [0.1, 0.15) is 23.6 Å². The van der Waals surface area contributed by atoms with E-state index in [2.05, 4.69) is 5.32 Å². The number of aryl methyl sites for hydroxylation is 2. The van der Waals surface area contributed by atoms with Gasteiger partial charge in [-0.2, -0.15) is 13.7 Å². The van der Waals surface area contributed by atoms with Gasteiger partial charge in [0.25, 0.3) is 5.91 Å². The lowest BCUT2D eigenvalue weighted by Crippen LogP contribution is -2.14. The van der Waals surface area contributed by atoms with Crippen molar-refractivity contribution in [3.05, 3.63) is 87.9 Å². The SMILES string of the molecule is CCc1ccccc1NC(=O)/C(C#N)=C/c1cc(Cl)c(OS(=O)(=O)c2ccc(C)cc2)c(OC)c1. The Kier molecular flexibility index (Phi) is 8.18. The van der Waals surface area contributed by atoms with Gasteiger partial charge in [-0.05, 0) is 60.9 Å². The molecule has 1 N–H and O–H groups in total. The summed E-state index contributed by atoms with van der Waals surface area (Å²) < 4.78 is 36.0. The molecule has 3 aromatic rings. The number of ether oxygens (including phenoxy) is 1. The summed E-state index contributed by atoms with van der Waals surface area (Å²) in [6.07, 6.45) is 2.04. The van der Waals surface area contributed by atoms with Crippen molar-refractivity contribution in [3.63, 3.8) is 0 Å². The lowest BCUT2D eigenvalue weighted by Gasteiger charge is -2.13. The van der Waals surface area contributed by atoms with Crippen LogP contribution in [0.3, 0.4) is 0 Å². The Hall–Kier alpha value is -3.80. The molecule has 3 aromatic carbocycles. The molecular weight excluding hydrogens is 488 g/mol. The molecule has 0 aliphatic rings. The quantitative estimate of drug-likeness (QED) is 0.242. The van der Waals surface area contributed by atoms with Crippen LogP contribution in [0.5, 0.6) is 11.5 Å². The third kappa shape index (κ3) is 6.21. The summed E-state index contributed by atoms with van der Waals surface area (Å²) in [6, 6.07) is 18.1. The Balaban J connectivity index is 1.92. The van der Waals surface area contributed by atoms with Gasteiger partial charge in [-0.25, -0.2) is 0 Å². The first kappa shape index (κ1) is 25.8. The molecule has 0 heterocycles. The molecule has 0 saturated carbocycles. The lowest BCUT2D eigenvalue weighted by atomic mass is 10.1. The van der Waals surface area contributed by atoms with Gasteiger partial charge in [-0.1, -0.05) is 54.4 Å². The smallest absolute Gasteiger partial charge is 0.339 e. The second kappa shape index (κ2) is 11.1. The summed E-state index contributed by atoms with van der Waals surface area (Å²) in [4.78, 5) is 12.7. The number of carbonyl (C=O) groups excluding carboxylic acids is 1. The Labute approximate surface area is 209 Å². The van der Waals surface area contributed by atoms with Crippen LogP contribution in [0.15, 0.2) is 71.1 Å². The zero-order valence-electron chi connectivity index (χ0n) is 19.3. The van der Waals surface area contributed by atoms with Gasteiger partial charge in [-0.15, -0.1) is 0 Å². The molecule has 0 fully saturated rings. The van der Waals surface area contributed by atoms with E-state index in [1.165, 1.54) is 37.5 Å². The van der Waals surface area contributed by atoms with Crippen LogP contribution in [-0.4, -0.2) is 21.4 Å². The molecule has 0 unspecified atom stereocenters. The van der Waals surface area contributed by atoms with Crippen LogP contribution in [-0.2, 0) is 21.3 Å². The summed E-state index contributed by atoms with van der Waals surface area (Å²) in [7, 11) is -2.85. The third-order valence-corrected chi connectivity index (χ3v) is 6.59. The first-order valence-electron chi connectivity index (χ1n) is 10.6. The zero-order chi connectivity index (χ0) is 25.6. The summed E-state index contributed by atoms with van der Waals surface area (Å²) in [5, 5.41) is 12.2. The number of hydrogen-bond donors (Lipinski definition) is 1. The molecule has 0 radical (unpaired) electrons. The highest BCUT2D eigenvalue weighted by atomic mass is 35.5. The predicted molar refractivity (Wildman–Crippen MR) is 135 cm³/mol. The number of para-hydroxylation sites is 1. The van der Waals surface area contributed by atoms with Gasteiger partial charge < -0.3 is 14.2 Å². The standard InChI is InChI=1S/C26H23ClN2O5S/c1-4-19-7-5-6-8-23(19)29-26(30)20(16-28)13-18-14-22(27)25(24(15-18)33-3)34-35(31,32)21-11-9-17(2)10-12-21/h5-15H,4H2,1-3H3,(H,29,30)/b20-13+. The van der Waals surface area contributed by atoms with Crippen LogP contribution in [0.2, 0.25) is 5.02 Å². The van der Waals surface area contributed by atoms with Gasteiger partial charge in [0, 0.05) is 5.69 Å². The highest BCUT2D eigenvalue weighted by molar-refractivity contribution is 7.87. The Morgan fingerprint density at radius 2 is 1.83 bits per heavy atom. The topological polar surface area (TPSA) is 105 Å². The van der Waals surface area contributed by atoms with Crippen molar-refractivity contribution in [2.45, 2.75) is 25.2 Å². The number of nitrogens with zero attached hydrogens (tertiary/aromatic N) is 1. The second-order valence-electron chi connectivity index (χ2n) is 7.52. The lowest BCUT2D eigenvalue weighted by molar-refractivity contribution is -0.112. The summed E-state index contributed by atoms with van der Waals surface area (Å²) in [5.41, 5.74) is 2.62. The molecule has 0 aliphatic carbocycles. The van der Waals surface area contributed by atoms with E-state index >= 15 is 0 Å². The molecule has 9 heteroatoms. The molecular formula is C26H23ClN2O5S. The molecule has 0 aliphatic heterocycles. The van der Waals surface area contributed by atoms with E-state index in [0.29, 0.717) is 17.7 Å². The number of rotatable bonds is 8. The van der Waals surface area contributed by atoms with Crippen molar-refractivity contribution in [1.82, 2.24) is 0 Å². The van der Waals surface area contributed by atoms with Crippen LogP contribution in [0.25, 0.3) is 6.08 Å². The van der Waals surface area contributed by atoms with Gasteiger partial charge in [0.15, 0.2) is 5.75 Å². The predicted octanol–water partition coefficient (Wildman–Crippen LogP) is 5.53. The first-order chi connectivity index (χ1) is 16.7. The molecule has 0 bridgehead atoms. The minimum atomic E-state index is -4.18. The molecule has 0 atom stereocenters. The molecule has 7 nitrogen and oxygen atoms in total. The van der Waals surface area contributed by atoms with Gasteiger partial charge in [0.1, 0.15) is 16.5 Å². The van der Waals surface area contributed by atoms with Crippen molar-refractivity contribution in [2.24, 2.45) is 0 Å². The maximum absolute atomic E-state index is 12.7. The van der Waals surface area contributed by atoms with E-state index in [1.807, 2.05) is 32.0 Å². The maximum Gasteiger partial charge on any atom is 0.339 e. The third-order valence-electron chi connectivity index (χ3n) is 5.08. The monoisotopic (exact) mass is 510 g/mol. The Bertz CT molecular complexity index is 1430. The number of amides is 1. The summed E-state index contributed by atoms with van der Waals surface area (Å²) in [5.74, 6) is -0.772. The molecule has 0 aromatic heterocycles. The van der Waals surface area contributed by atoms with Crippen molar-refractivity contribution in [3.8, 4) is 17.6 Å². The number of benzene rings is 3.